The minimum Gasteiger partial charge on any atom is -0.481 e. The van der Waals surface area contributed by atoms with E-state index in [0.29, 0.717) is 19.4 Å². The van der Waals surface area contributed by atoms with Gasteiger partial charge in [-0.3, -0.25) is 9.59 Å². The number of nitrogens with zero attached hydrogens (tertiary/aromatic N) is 1. The maximum absolute atomic E-state index is 11.6. The Morgan fingerprint density at radius 2 is 2.12 bits per heavy atom. The second-order valence-corrected chi connectivity index (χ2v) is 5.00. The lowest BCUT2D eigenvalue weighted by atomic mass is 9.97. The molecule has 1 heterocycles. The molecular weight excluding hydrogens is 206 g/mol. The fraction of sp³-hybridized carbons (Fsp3) is 0.833. The fourth-order valence-corrected chi connectivity index (χ4v) is 2.31. The summed E-state index contributed by atoms with van der Waals surface area (Å²) in [6.45, 7) is 1.16. The van der Waals surface area contributed by atoms with Crippen LogP contribution in [-0.4, -0.2) is 35.0 Å². The predicted octanol–water partition coefficient (Wildman–Crippen LogP) is 1.50. The Kier molecular flexibility index (Phi) is 3.46. The van der Waals surface area contributed by atoms with Gasteiger partial charge in [-0.15, -0.1) is 0 Å². The average molecular weight is 225 g/mol. The van der Waals surface area contributed by atoms with Crippen LogP contribution in [0, 0.1) is 11.8 Å². The Morgan fingerprint density at radius 1 is 1.38 bits per heavy atom. The Labute approximate surface area is 95.6 Å². The summed E-state index contributed by atoms with van der Waals surface area (Å²) >= 11 is 0. The van der Waals surface area contributed by atoms with Gasteiger partial charge in [-0.05, 0) is 25.2 Å². The van der Waals surface area contributed by atoms with Gasteiger partial charge in [0, 0.05) is 19.5 Å². The summed E-state index contributed by atoms with van der Waals surface area (Å²) in [6, 6.07) is 0. The first kappa shape index (κ1) is 11.4. The molecule has 0 radical (unpaired) electrons. The van der Waals surface area contributed by atoms with E-state index in [1.165, 1.54) is 19.3 Å². The number of aliphatic carboxylic acids is 1. The zero-order chi connectivity index (χ0) is 11.5. The SMILES string of the molecule is O=C(O)C1CCC(=O)N(CCCC2CC2)C1. The van der Waals surface area contributed by atoms with E-state index in [4.69, 9.17) is 5.11 Å². The number of hydrogen-bond acceptors (Lipinski definition) is 2. The average Bonchev–Trinajstić information content (AvgIpc) is 3.04. The fourth-order valence-electron chi connectivity index (χ4n) is 2.31. The van der Waals surface area contributed by atoms with Crippen molar-refractivity contribution in [3.05, 3.63) is 0 Å². The molecule has 1 amide bonds. The minimum atomic E-state index is -0.764. The highest BCUT2D eigenvalue weighted by Gasteiger charge is 2.30. The van der Waals surface area contributed by atoms with Gasteiger partial charge in [-0.25, -0.2) is 0 Å². The predicted molar refractivity (Wildman–Crippen MR) is 58.9 cm³/mol. The maximum Gasteiger partial charge on any atom is 0.308 e. The summed E-state index contributed by atoms with van der Waals surface area (Å²) in [5.74, 6) is -0.0956. The number of hydrogen-bond donors (Lipinski definition) is 1. The van der Waals surface area contributed by atoms with Gasteiger partial charge in [-0.2, -0.15) is 0 Å². The van der Waals surface area contributed by atoms with Crippen LogP contribution in [0.3, 0.4) is 0 Å². The second-order valence-electron chi connectivity index (χ2n) is 5.00. The highest BCUT2D eigenvalue weighted by Crippen LogP contribution is 2.33. The van der Waals surface area contributed by atoms with Crippen molar-refractivity contribution in [3.63, 3.8) is 0 Å². The lowest BCUT2D eigenvalue weighted by Gasteiger charge is -2.30. The number of rotatable bonds is 5. The number of carboxylic acids is 1. The first-order valence-corrected chi connectivity index (χ1v) is 6.17. The van der Waals surface area contributed by atoms with Gasteiger partial charge < -0.3 is 10.0 Å². The molecule has 1 aliphatic heterocycles. The van der Waals surface area contributed by atoms with Crippen molar-refractivity contribution < 1.29 is 14.7 Å². The van der Waals surface area contributed by atoms with Gasteiger partial charge in [0.05, 0.1) is 5.92 Å². The van der Waals surface area contributed by atoms with Crippen LogP contribution in [0.2, 0.25) is 0 Å². The monoisotopic (exact) mass is 225 g/mol. The molecular formula is C12H19NO3. The molecule has 4 nitrogen and oxygen atoms in total. The molecule has 1 saturated heterocycles. The summed E-state index contributed by atoms with van der Waals surface area (Å²) in [5, 5.41) is 8.93. The number of amides is 1. The first-order valence-electron chi connectivity index (χ1n) is 6.17. The molecule has 0 spiro atoms. The van der Waals surface area contributed by atoms with E-state index in [9.17, 15) is 9.59 Å². The van der Waals surface area contributed by atoms with Crippen LogP contribution >= 0.6 is 0 Å². The van der Waals surface area contributed by atoms with Crippen LogP contribution in [0.1, 0.15) is 38.5 Å². The second kappa shape index (κ2) is 4.85. The number of carbonyl (C=O) groups excluding carboxylic acids is 1. The van der Waals surface area contributed by atoms with Gasteiger partial charge in [-0.1, -0.05) is 12.8 Å². The van der Waals surface area contributed by atoms with Crippen LogP contribution < -0.4 is 0 Å². The zero-order valence-electron chi connectivity index (χ0n) is 9.52. The van der Waals surface area contributed by atoms with E-state index in [1.807, 2.05) is 0 Å². The largest absolute Gasteiger partial charge is 0.481 e. The summed E-state index contributed by atoms with van der Waals surface area (Å²) in [4.78, 5) is 24.2. The Bertz CT molecular complexity index is 286. The van der Waals surface area contributed by atoms with E-state index in [1.54, 1.807) is 4.90 Å². The minimum absolute atomic E-state index is 0.133. The maximum atomic E-state index is 11.6. The van der Waals surface area contributed by atoms with Crippen molar-refractivity contribution in [3.8, 4) is 0 Å². The van der Waals surface area contributed by atoms with E-state index in [-0.39, 0.29) is 11.8 Å². The number of likely N-dealkylation sites (tertiary alicyclic amines) is 1. The molecule has 1 saturated carbocycles. The van der Waals surface area contributed by atoms with Gasteiger partial charge >= 0.3 is 5.97 Å². The van der Waals surface area contributed by atoms with E-state index in [0.717, 1.165) is 18.9 Å². The molecule has 0 aromatic carbocycles. The van der Waals surface area contributed by atoms with Crippen LogP contribution in [0.4, 0.5) is 0 Å². The molecule has 0 aromatic heterocycles. The van der Waals surface area contributed by atoms with Gasteiger partial charge in [0.25, 0.3) is 0 Å². The van der Waals surface area contributed by atoms with Crippen molar-refractivity contribution in [2.75, 3.05) is 13.1 Å². The van der Waals surface area contributed by atoms with E-state index in [2.05, 4.69) is 0 Å². The summed E-state index contributed by atoms with van der Waals surface area (Å²) in [5.41, 5.74) is 0. The molecule has 2 rings (SSSR count). The molecule has 2 aliphatic rings. The molecule has 1 unspecified atom stereocenters. The third kappa shape index (κ3) is 2.97. The molecule has 90 valence electrons. The summed E-state index contributed by atoms with van der Waals surface area (Å²) in [7, 11) is 0. The number of carbonyl (C=O) groups is 2. The van der Waals surface area contributed by atoms with E-state index < -0.39 is 5.97 Å². The van der Waals surface area contributed by atoms with Crippen LogP contribution in [0.25, 0.3) is 0 Å². The Morgan fingerprint density at radius 3 is 2.75 bits per heavy atom. The topological polar surface area (TPSA) is 57.6 Å². The summed E-state index contributed by atoms with van der Waals surface area (Å²) in [6.07, 6.45) is 5.81. The molecule has 1 atom stereocenters. The van der Waals surface area contributed by atoms with Crippen LogP contribution in [0.15, 0.2) is 0 Å². The molecule has 1 N–H and O–H groups in total. The molecule has 2 fully saturated rings. The lowest BCUT2D eigenvalue weighted by Crippen LogP contribution is -2.42. The molecule has 16 heavy (non-hydrogen) atoms. The van der Waals surface area contributed by atoms with Crippen molar-refractivity contribution in [2.45, 2.75) is 38.5 Å². The van der Waals surface area contributed by atoms with Crippen LogP contribution in [0.5, 0.6) is 0 Å². The quantitative estimate of drug-likeness (QED) is 0.771. The molecule has 0 aromatic rings. The Balaban J connectivity index is 1.75. The van der Waals surface area contributed by atoms with Crippen molar-refractivity contribution in [2.24, 2.45) is 11.8 Å². The van der Waals surface area contributed by atoms with Gasteiger partial charge in [0.1, 0.15) is 0 Å². The summed E-state index contributed by atoms with van der Waals surface area (Å²) < 4.78 is 0. The highest BCUT2D eigenvalue weighted by molar-refractivity contribution is 5.80. The smallest absolute Gasteiger partial charge is 0.308 e. The van der Waals surface area contributed by atoms with Gasteiger partial charge in [0.2, 0.25) is 5.91 Å². The first-order chi connectivity index (χ1) is 7.66. The highest BCUT2D eigenvalue weighted by atomic mass is 16.4. The standard InChI is InChI=1S/C12H19NO3/c14-11-6-5-10(12(15)16)8-13(11)7-1-2-9-3-4-9/h9-10H,1-8H2,(H,15,16). The molecule has 4 heteroatoms. The molecule has 0 bridgehead atoms. The van der Waals surface area contributed by atoms with Crippen LogP contribution in [-0.2, 0) is 9.59 Å². The van der Waals surface area contributed by atoms with E-state index >= 15 is 0 Å². The zero-order valence-corrected chi connectivity index (χ0v) is 9.52. The van der Waals surface area contributed by atoms with Gasteiger partial charge in [0.15, 0.2) is 0 Å². The van der Waals surface area contributed by atoms with Crippen molar-refractivity contribution >= 4 is 11.9 Å². The molecule has 1 aliphatic carbocycles. The number of piperidine rings is 1. The third-order valence-corrected chi connectivity index (χ3v) is 3.59. The Hall–Kier alpha value is -1.06. The lowest BCUT2D eigenvalue weighted by molar-refractivity contribution is -0.147. The third-order valence-electron chi connectivity index (χ3n) is 3.59. The number of carboxylic acid groups (broad SMARTS) is 1. The normalized spacial score (nSPS) is 25.9. The van der Waals surface area contributed by atoms with Crippen molar-refractivity contribution in [1.82, 2.24) is 4.90 Å². The van der Waals surface area contributed by atoms with Crippen molar-refractivity contribution in [1.29, 1.82) is 0 Å².